The Morgan fingerprint density at radius 2 is 1.93 bits per heavy atom. The highest BCUT2D eigenvalue weighted by molar-refractivity contribution is 6.00. The van der Waals surface area contributed by atoms with Crippen LogP contribution in [0, 0.1) is 17.8 Å². The smallest absolute Gasteiger partial charge is 0.254 e. The van der Waals surface area contributed by atoms with E-state index >= 15 is 0 Å². The molecular weight excluding hydrogens is 514 g/mol. The first-order valence-corrected chi connectivity index (χ1v) is 15.3. The second kappa shape index (κ2) is 8.81. The largest absolute Gasteiger partial charge is 0.494 e. The molecule has 1 N–H and O–H groups in total. The molecule has 8 nitrogen and oxygen atoms in total. The number of fused-ring (bicyclic) bond motifs is 4. The number of carbonyl (C=O) groups excluding carboxylic acids is 1. The SMILES string of the molecule is COc1cc(C(=O)N2CC3CCC2[C@@H]3C)cc2nc(-c3cc4ccc(C5CC(C)(O)C5)nc4n3CC3CC3)n(C)c12. The number of likely N-dealkylation sites (tertiary alicyclic amines) is 1. The molecule has 3 aromatic heterocycles. The van der Waals surface area contributed by atoms with Gasteiger partial charge in [-0.3, -0.25) is 4.79 Å². The van der Waals surface area contributed by atoms with E-state index in [0.29, 0.717) is 41.0 Å². The monoisotopic (exact) mass is 553 g/mol. The van der Waals surface area contributed by atoms with Crippen molar-refractivity contribution in [2.75, 3.05) is 13.7 Å². The number of carbonyl (C=O) groups is 1. The number of rotatable bonds is 6. The number of ether oxygens (including phenoxy) is 1. The van der Waals surface area contributed by atoms with Gasteiger partial charge in [0.25, 0.3) is 5.91 Å². The summed E-state index contributed by atoms with van der Waals surface area (Å²) < 4.78 is 10.3. The molecule has 1 saturated heterocycles. The molecule has 1 aromatic carbocycles. The first kappa shape index (κ1) is 25.3. The van der Waals surface area contributed by atoms with Crippen LogP contribution in [0.4, 0.5) is 0 Å². The number of aliphatic hydroxyl groups is 1. The van der Waals surface area contributed by atoms with Crippen molar-refractivity contribution in [1.82, 2.24) is 24.0 Å². The fourth-order valence-corrected chi connectivity index (χ4v) is 8.04. The Hall–Kier alpha value is -3.39. The molecule has 8 rings (SSSR count). The number of pyridine rings is 1. The fourth-order valence-electron chi connectivity index (χ4n) is 8.04. The fraction of sp³-hybridized carbons (Fsp3) is 0.545. The van der Waals surface area contributed by atoms with Gasteiger partial charge in [-0.05, 0) is 93.5 Å². The molecule has 4 fully saturated rings. The molecule has 4 heterocycles. The first-order valence-electron chi connectivity index (χ1n) is 15.3. The minimum absolute atomic E-state index is 0.0889. The summed E-state index contributed by atoms with van der Waals surface area (Å²) in [6, 6.07) is 10.7. The predicted molar refractivity (Wildman–Crippen MR) is 158 cm³/mol. The summed E-state index contributed by atoms with van der Waals surface area (Å²) in [6.45, 7) is 5.97. The summed E-state index contributed by atoms with van der Waals surface area (Å²) in [5.41, 5.74) is 4.83. The maximum atomic E-state index is 13.7. The number of hydrogen-bond donors (Lipinski definition) is 1. The van der Waals surface area contributed by atoms with Crippen LogP contribution in [0.25, 0.3) is 33.6 Å². The first-order chi connectivity index (χ1) is 19.7. The Morgan fingerprint density at radius 3 is 2.59 bits per heavy atom. The summed E-state index contributed by atoms with van der Waals surface area (Å²) in [6.07, 6.45) is 6.32. The average molecular weight is 554 g/mol. The lowest BCUT2D eigenvalue weighted by atomic mass is 9.70. The highest BCUT2D eigenvalue weighted by Crippen LogP contribution is 2.45. The Labute approximate surface area is 240 Å². The lowest BCUT2D eigenvalue weighted by Gasteiger charge is -2.40. The van der Waals surface area contributed by atoms with Gasteiger partial charge in [0, 0.05) is 48.7 Å². The van der Waals surface area contributed by atoms with Crippen molar-refractivity contribution >= 4 is 28.0 Å². The van der Waals surface area contributed by atoms with Crippen molar-refractivity contribution in [3.8, 4) is 17.3 Å². The number of benzene rings is 1. The van der Waals surface area contributed by atoms with Crippen molar-refractivity contribution in [3.63, 3.8) is 0 Å². The van der Waals surface area contributed by atoms with Crippen molar-refractivity contribution in [2.45, 2.75) is 76.5 Å². The zero-order valence-electron chi connectivity index (χ0n) is 24.4. The molecule has 41 heavy (non-hydrogen) atoms. The van der Waals surface area contributed by atoms with E-state index in [1.807, 2.05) is 26.1 Å². The van der Waals surface area contributed by atoms with Crippen LogP contribution in [-0.4, -0.2) is 60.3 Å². The summed E-state index contributed by atoms with van der Waals surface area (Å²) in [5.74, 6) is 3.76. The number of aromatic nitrogens is 4. The van der Waals surface area contributed by atoms with Crippen LogP contribution in [0.2, 0.25) is 0 Å². The van der Waals surface area contributed by atoms with Gasteiger partial charge in [0.1, 0.15) is 16.9 Å². The molecule has 0 radical (unpaired) electrons. The third-order valence-electron chi connectivity index (χ3n) is 10.6. The number of piperidine rings is 1. The molecule has 3 atom stereocenters. The maximum absolute atomic E-state index is 13.7. The van der Waals surface area contributed by atoms with E-state index in [1.165, 1.54) is 19.3 Å². The number of aryl methyl sites for hydroxylation is 1. The minimum atomic E-state index is -0.582. The zero-order chi connectivity index (χ0) is 28.2. The van der Waals surface area contributed by atoms with Crippen LogP contribution >= 0.6 is 0 Å². The Bertz CT molecular complexity index is 1700. The van der Waals surface area contributed by atoms with Crippen molar-refractivity contribution < 1.29 is 14.6 Å². The van der Waals surface area contributed by atoms with Crippen LogP contribution in [-0.2, 0) is 13.6 Å². The normalized spacial score (nSPS) is 29.0. The molecule has 3 aliphatic carbocycles. The predicted octanol–water partition coefficient (Wildman–Crippen LogP) is 5.51. The van der Waals surface area contributed by atoms with Gasteiger partial charge in [0.15, 0.2) is 5.82 Å². The Morgan fingerprint density at radius 1 is 1.12 bits per heavy atom. The van der Waals surface area contributed by atoms with E-state index in [4.69, 9.17) is 14.7 Å². The van der Waals surface area contributed by atoms with Crippen LogP contribution in [0.3, 0.4) is 0 Å². The van der Waals surface area contributed by atoms with Gasteiger partial charge in [-0.25, -0.2) is 9.97 Å². The summed E-state index contributed by atoms with van der Waals surface area (Å²) in [4.78, 5) is 26.1. The van der Waals surface area contributed by atoms with Gasteiger partial charge in [-0.2, -0.15) is 0 Å². The lowest BCUT2D eigenvalue weighted by molar-refractivity contribution is -0.0322. The highest BCUT2D eigenvalue weighted by Gasteiger charge is 2.46. The molecule has 4 aromatic rings. The molecule has 4 aliphatic rings. The van der Waals surface area contributed by atoms with E-state index in [1.54, 1.807) is 7.11 Å². The van der Waals surface area contributed by atoms with Crippen molar-refractivity contribution in [1.29, 1.82) is 0 Å². The van der Waals surface area contributed by atoms with E-state index in [0.717, 1.165) is 71.6 Å². The molecule has 3 saturated carbocycles. The van der Waals surface area contributed by atoms with Crippen LogP contribution in [0.5, 0.6) is 5.75 Å². The standard InChI is InChI=1S/C33H39N5O3/c1-18-21-8-10-26(18)38(17-21)32(39)22-11-25-29(28(13-22)41-4)36(3)31(35-25)27-12-20-7-9-24(23-14-33(2,40)15-23)34-30(20)37(27)16-19-5-6-19/h7,9,11-13,18-19,21,23,26,40H,5-6,8,10,14-17H2,1-4H3/t18-,21?,23?,26?,33?/m1/s1. The number of methoxy groups -OCH3 is 1. The van der Waals surface area contributed by atoms with Crippen molar-refractivity contribution in [2.24, 2.45) is 24.8 Å². The van der Waals surface area contributed by atoms with Gasteiger partial charge >= 0.3 is 0 Å². The summed E-state index contributed by atoms with van der Waals surface area (Å²) in [7, 11) is 3.70. The maximum Gasteiger partial charge on any atom is 0.254 e. The van der Waals surface area contributed by atoms with Crippen molar-refractivity contribution in [3.05, 3.63) is 41.6 Å². The van der Waals surface area contributed by atoms with Gasteiger partial charge in [0.05, 0.1) is 23.9 Å². The lowest BCUT2D eigenvalue weighted by Crippen LogP contribution is -2.39. The van der Waals surface area contributed by atoms with E-state index in [9.17, 15) is 9.90 Å². The molecule has 8 heteroatoms. The molecule has 1 aliphatic heterocycles. The second-order valence-corrected chi connectivity index (χ2v) is 13.6. The van der Waals surface area contributed by atoms with Gasteiger partial charge < -0.3 is 23.9 Å². The average Bonchev–Trinajstić information content (AvgIpc) is 3.35. The molecule has 0 spiro atoms. The van der Waals surface area contributed by atoms with Gasteiger partial charge in [-0.15, -0.1) is 0 Å². The van der Waals surface area contributed by atoms with E-state index in [2.05, 4.69) is 39.2 Å². The number of nitrogens with zero attached hydrogens (tertiary/aromatic N) is 5. The number of hydrogen-bond acceptors (Lipinski definition) is 5. The summed E-state index contributed by atoms with van der Waals surface area (Å²) in [5, 5.41) is 11.4. The molecule has 1 amide bonds. The van der Waals surface area contributed by atoms with Crippen LogP contribution in [0.1, 0.15) is 74.3 Å². The molecule has 2 bridgehead atoms. The molecular formula is C33H39N5O3. The number of imidazole rings is 1. The Balaban J connectivity index is 1.22. The molecule has 214 valence electrons. The molecule has 2 unspecified atom stereocenters. The second-order valence-electron chi connectivity index (χ2n) is 13.6. The topological polar surface area (TPSA) is 85.4 Å². The summed E-state index contributed by atoms with van der Waals surface area (Å²) >= 11 is 0. The van der Waals surface area contributed by atoms with Crippen LogP contribution in [0.15, 0.2) is 30.3 Å². The third-order valence-corrected chi connectivity index (χ3v) is 10.6. The minimum Gasteiger partial charge on any atom is -0.494 e. The van der Waals surface area contributed by atoms with E-state index in [-0.39, 0.29) is 5.91 Å². The zero-order valence-corrected chi connectivity index (χ0v) is 24.4. The quantitative estimate of drug-likeness (QED) is 0.341. The van der Waals surface area contributed by atoms with Gasteiger partial charge in [-0.1, -0.05) is 6.92 Å². The Kier molecular flexibility index (Phi) is 5.44. The number of amides is 1. The van der Waals surface area contributed by atoms with E-state index < -0.39 is 5.60 Å². The van der Waals surface area contributed by atoms with Crippen LogP contribution < -0.4 is 4.74 Å². The highest BCUT2D eigenvalue weighted by atomic mass is 16.5. The third kappa shape index (κ3) is 3.93. The van der Waals surface area contributed by atoms with Gasteiger partial charge in [0.2, 0.25) is 0 Å².